The van der Waals surface area contributed by atoms with Crippen LogP contribution < -0.4 is 0 Å². The van der Waals surface area contributed by atoms with Crippen LogP contribution in [0, 0.1) is 0 Å². The average molecular weight is 917 g/mol. The number of carbonyl (C=O) groups excluding carboxylic acids is 2. The molecule has 380 valence electrons. The number of carboxylic acid groups (broad SMARTS) is 1. The van der Waals surface area contributed by atoms with E-state index in [1.807, 2.05) is 21.1 Å². The Morgan fingerprint density at radius 2 is 0.815 bits per heavy atom. The minimum Gasteiger partial charge on any atom is -0.477 e. The van der Waals surface area contributed by atoms with Crippen molar-refractivity contribution in [1.29, 1.82) is 0 Å². The number of ether oxygens (including phenoxy) is 3. The summed E-state index contributed by atoms with van der Waals surface area (Å²) in [6.07, 6.45) is 57.7. The number of rotatable bonds is 50. The fourth-order valence-corrected chi connectivity index (χ4v) is 8.28. The van der Waals surface area contributed by atoms with Crippen LogP contribution in [0.5, 0.6) is 0 Å². The zero-order valence-electron chi connectivity index (χ0n) is 43.5. The number of carboxylic acids is 1. The van der Waals surface area contributed by atoms with Gasteiger partial charge in [0, 0.05) is 19.3 Å². The fraction of sp³-hybridized carbons (Fsp3) is 0.842. The third-order valence-corrected chi connectivity index (χ3v) is 12.5. The molecule has 0 spiro atoms. The van der Waals surface area contributed by atoms with Crippen molar-refractivity contribution in [2.75, 3.05) is 41.0 Å². The maximum Gasteiger partial charge on any atom is 0.362 e. The van der Waals surface area contributed by atoms with E-state index in [9.17, 15) is 19.5 Å². The lowest BCUT2D eigenvalue weighted by atomic mass is 10.0. The molecule has 0 aromatic rings. The topological polar surface area (TPSA) is 99.1 Å². The highest BCUT2D eigenvalue weighted by molar-refractivity contribution is 5.72. The Labute approximate surface area is 402 Å². The number of hydrogen-bond donors (Lipinski definition) is 1. The number of likely N-dealkylation sites (N-methyl/N-ethyl adjacent to an activating group) is 1. The standard InChI is InChI=1S/C57H105NO7/c1-6-8-10-12-14-16-18-20-22-24-26-27-28-30-31-33-35-37-39-41-43-45-47-55(59)64-52-53(51-63-50-49-54(57(61)62)58(3,4)5)65-56(60)48-46-44-42-40-38-36-34-32-29-25-23-21-19-17-15-13-11-9-7-2/h15,17,21,23,29,32,53-54H,6-14,16,18-20,22,24-28,30-31,33-52H2,1-5H3/p+1/b17-15-,23-21-,32-29-. The molecule has 0 aromatic carbocycles. The van der Waals surface area contributed by atoms with Gasteiger partial charge in [-0.05, 0) is 51.4 Å². The predicted octanol–water partition coefficient (Wildman–Crippen LogP) is 16.1. The molecule has 0 saturated heterocycles. The Bertz CT molecular complexity index is 1160. The van der Waals surface area contributed by atoms with Crippen LogP contribution in [-0.4, -0.2) is 80.6 Å². The second-order valence-corrected chi connectivity index (χ2v) is 19.8. The zero-order chi connectivity index (χ0) is 47.7. The van der Waals surface area contributed by atoms with Gasteiger partial charge in [-0.3, -0.25) is 9.59 Å². The lowest BCUT2D eigenvalue weighted by Crippen LogP contribution is -2.50. The SMILES string of the molecule is CCCCC/C=C\C/C=C\C/C=C\CCCCCCCCC(=O)OC(COCCC(C(=O)O)[N+](C)(C)C)COC(=O)CCCCCCCCCCCCCCCCCCCCCCCC. The molecule has 8 nitrogen and oxygen atoms in total. The summed E-state index contributed by atoms with van der Waals surface area (Å²) in [5, 5.41) is 9.67. The van der Waals surface area contributed by atoms with Crippen LogP contribution in [0.3, 0.4) is 0 Å². The van der Waals surface area contributed by atoms with E-state index in [-0.39, 0.29) is 36.2 Å². The maximum absolute atomic E-state index is 12.8. The highest BCUT2D eigenvalue weighted by atomic mass is 16.6. The fourth-order valence-electron chi connectivity index (χ4n) is 8.28. The van der Waals surface area contributed by atoms with Gasteiger partial charge in [-0.1, -0.05) is 224 Å². The van der Waals surface area contributed by atoms with Gasteiger partial charge in [0.1, 0.15) is 6.61 Å². The van der Waals surface area contributed by atoms with Crippen LogP contribution in [0.4, 0.5) is 0 Å². The van der Waals surface area contributed by atoms with Crippen molar-refractivity contribution in [3.63, 3.8) is 0 Å². The summed E-state index contributed by atoms with van der Waals surface area (Å²) in [4.78, 5) is 37.2. The lowest BCUT2D eigenvalue weighted by molar-refractivity contribution is -0.887. The number of unbranched alkanes of at least 4 members (excludes halogenated alkanes) is 30. The second kappa shape index (κ2) is 48.0. The number of nitrogens with zero attached hydrogens (tertiary/aromatic N) is 1. The van der Waals surface area contributed by atoms with Crippen LogP contribution >= 0.6 is 0 Å². The van der Waals surface area contributed by atoms with Crippen molar-refractivity contribution < 1.29 is 38.2 Å². The van der Waals surface area contributed by atoms with E-state index >= 15 is 0 Å². The number of carbonyl (C=O) groups is 3. The number of allylic oxidation sites excluding steroid dienone is 6. The van der Waals surface area contributed by atoms with E-state index in [4.69, 9.17) is 14.2 Å². The molecular weight excluding hydrogens is 811 g/mol. The summed E-state index contributed by atoms with van der Waals surface area (Å²) >= 11 is 0. The molecule has 0 aliphatic heterocycles. The maximum atomic E-state index is 12.8. The number of quaternary nitrogens is 1. The van der Waals surface area contributed by atoms with Gasteiger partial charge in [-0.25, -0.2) is 4.79 Å². The Morgan fingerprint density at radius 3 is 1.23 bits per heavy atom. The van der Waals surface area contributed by atoms with Crippen molar-refractivity contribution in [1.82, 2.24) is 0 Å². The molecule has 0 fully saturated rings. The van der Waals surface area contributed by atoms with E-state index < -0.39 is 18.1 Å². The van der Waals surface area contributed by atoms with E-state index in [0.717, 1.165) is 64.2 Å². The molecule has 0 saturated carbocycles. The van der Waals surface area contributed by atoms with Gasteiger partial charge in [0.05, 0.1) is 34.4 Å². The molecule has 0 aliphatic rings. The number of aliphatic carboxylic acids is 1. The summed E-state index contributed by atoms with van der Waals surface area (Å²) in [6.45, 7) is 4.74. The Hall–Kier alpha value is -2.45. The first-order valence-corrected chi connectivity index (χ1v) is 27.5. The van der Waals surface area contributed by atoms with Crippen molar-refractivity contribution in [3.8, 4) is 0 Å². The molecule has 0 bridgehead atoms. The quantitative estimate of drug-likeness (QED) is 0.0281. The molecule has 0 radical (unpaired) electrons. The molecule has 0 heterocycles. The molecule has 0 rings (SSSR count). The van der Waals surface area contributed by atoms with E-state index in [0.29, 0.717) is 19.3 Å². The minimum atomic E-state index is -0.874. The summed E-state index contributed by atoms with van der Waals surface area (Å²) in [6, 6.07) is -0.617. The Kier molecular flexibility index (Phi) is 46.2. The first-order chi connectivity index (χ1) is 31.6. The number of esters is 2. The van der Waals surface area contributed by atoms with Crippen LogP contribution in [-0.2, 0) is 28.6 Å². The first kappa shape index (κ1) is 62.5. The van der Waals surface area contributed by atoms with Gasteiger partial charge in [0.25, 0.3) is 0 Å². The van der Waals surface area contributed by atoms with E-state index in [1.54, 1.807) is 0 Å². The van der Waals surface area contributed by atoms with Crippen LogP contribution in [0.2, 0.25) is 0 Å². The minimum absolute atomic E-state index is 0.0527. The highest BCUT2D eigenvalue weighted by Crippen LogP contribution is 2.17. The average Bonchev–Trinajstić information content (AvgIpc) is 3.27. The molecule has 0 amide bonds. The van der Waals surface area contributed by atoms with Gasteiger partial charge >= 0.3 is 17.9 Å². The van der Waals surface area contributed by atoms with E-state index in [1.165, 1.54) is 161 Å². The van der Waals surface area contributed by atoms with Crippen molar-refractivity contribution in [2.45, 2.75) is 270 Å². The zero-order valence-corrected chi connectivity index (χ0v) is 43.5. The van der Waals surface area contributed by atoms with E-state index in [2.05, 4.69) is 50.3 Å². The summed E-state index contributed by atoms with van der Waals surface area (Å²) in [5.74, 6) is -1.47. The van der Waals surface area contributed by atoms with Gasteiger partial charge in [-0.2, -0.15) is 0 Å². The predicted molar refractivity (Wildman–Crippen MR) is 275 cm³/mol. The van der Waals surface area contributed by atoms with Crippen molar-refractivity contribution in [3.05, 3.63) is 36.5 Å². The van der Waals surface area contributed by atoms with Gasteiger partial charge in [0.2, 0.25) is 0 Å². The normalized spacial score (nSPS) is 13.1. The molecule has 0 aliphatic carbocycles. The summed E-state index contributed by atoms with van der Waals surface area (Å²) in [5.41, 5.74) is 0. The summed E-state index contributed by atoms with van der Waals surface area (Å²) in [7, 11) is 5.54. The van der Waals surface area contributed by atoms with Gasteiger partial charge in [0.15, 0.2) is 12.1 Å². The molecule has 65 heavy (non-hydrogen) atoms. The van der Waals surface area contributed by atoms with Crippen molar-refractivity contribution in [2.24, 2.45) is 0 Å². The van der Waals surface area contributed by atoms with Crippen molar-refractivity contribution >= 4 is 17.9 Å². The smallest absolute Gasteiger partial charge is 0.362 e. The van der Waals surface area contributed by atoms with Crippen LogP contribution in [0.25, 0.3) is 0 Å². The molecule has 0 aromatic heterocycles. The van der Waals surface area contributed by atoms with Gasteiger partial charge in [-0.15, -0.1) is 0 Å². The van der Waals surface area contributed by atoms with Crippen LogP contribution in [0.15, 0.2) is 36.5 Å². The van der Waals surface area contributed by atoms with Crippen LogP contribution in [0.1, 0.15) is 258 Å². The molecule has 8 heteroatoms. The Balaban J connectivity index is 4.19. The second-order valence-electron chi connectivity index (χ2n) is 19.8. The van der Waals surface area contributed by atoms with Gasteiger partial charge < -0.3 is 23.8 Å². The largest absolute Gasteiger partial charge is 0.477 e. The third kappa shape index (κ3) is 46.4. The molecule has 2 unspecified atom stereocenters. The molecule has 1 N–H and O–H groups in total. The monoisotopic (exact) mass is 917 g/mol. The third-order valence-electron chi connectivity index (χ3n) is 12.5. The molecular formula is C57H106NO7+. The summed E-state index contributed by atoms with van der Waals surface area (Å²) < 4.78 is 17.4. The number of hydrogen-bond acceptors (Lipinski definition) is 6. The lowest BCUT2D eigenvalue weighted by Gasteiger charge is -2.31. The Morgan fingerprint density at radius 1 is 0.462 bits per heavy atom. The molecule has 2 atom stereocenters. The highest BCUT2D eigenvalue weighted by Gasteiger charge is 2.31. The first-order valence-electron chi connectivity index (χ1n) is 27.5.